The molecular formula is C13H17ClF2N2O. The van der Waals surface area contributed by atoms with E-state index in [1.807, 2.05) is 0 Å². The van der Waals surface area contributed by atoms with Gasteiger partial charge in [-0.2, -0.15) is 0 Å². The molecule has 1 aromatic rings. The van der Waals surface area contributed by atoms with E-state index < -0.39 is 11.6 Å². The lowest BCUT2D eigenvalue weighted by Gasteiger charge is -2.30. The van der Waals surface area contributed by atoms with E-state index in [4.69, 9.17) is 5.73 Å². The molecule has 1 heterocycles. The summed E-state index contributed by atoms with van der Waals surface area (Å²) in [4.78, 5) is 13.6. The largest absolute Gasteiger partial charge is 0.342 e. The van der Waals surface area contributed by atoms with Crippen molar-refractivity contribution < 1.29 is 13.6 Å². The maximum Gasteiger partial charge on any atom is 0.227 e. The van der Waals surface area contributed by atoms with Crippen LogP contribution in [0.3, 0.4) is 0 Å². The fraction of sp³-hybridized carbons (Fsp3) is 0.462. The van der Waals surface area contributed by atoms with Gasteiger partial charge in [-0.3, -0.25) is 4.79 Å². The highest BCUT2D eigenvalue weighted by atomic mass is 35.5. The summed E-state index contributed by atoms with van der Waals surface area (Å²) < 4.78 is 26.4. The molecule has 2 N–H and O–H groups in total. The van der Waals surface area contributed by atoms with E-state index in [2.05, 4.69) is 0 Å². The molecule has 0 spiro atoms. The first-order valence-corrected chi connectivity index (χ1v) is 6.03. The highest BCUT2D eigenvalue weighted by molar-refractivity contribution is 5.85. The Morgan fingerprint density at radius 3 is 2.58 bits per heavy atom. The van der Waals surface area contributed by atoms with Crippen molar-refractivity contribution in [2.24, 2.45) is 5.73 Å². The van der Waals surface area contributed by atoms with Crippen LogP contribution >= 0.6 is 12.4 Å². The van der Waals surface area contributed by atoms with Crippen molar-refractivity contribution in [2.75, 3.05) is 13.1 Å². The van der Waals surface area contributed by atoms with E-state index in [0.29, 0.717) is 13.1 Å². The van der Waals surface area contributed by atoms with Crippen LogP contribution in [0.4, 0.5) is 8.78 Å². The predicted octanol–water partition coefficient (Wildman–Crippen LogP) is 1.88. The number of halogens is 3. The molecule has 0 radical (unpaired) electrons. The molecule has 1 fully saturated rings. The Balaban J connectivity index is 0.00000180. The minimum atomic E-state index is -0.543. The molecule has 3 nitrogen and oxygen atoms in total. The molecule has 106 valence electrons. The summed E-state index contributed by atoms with van der Waals surface area (Å²) >= 11 is 0. The molecule has 1 amide bonds. The SMILES string of the molecule is Cl.NC1CCN(C(=O)Cc2cc(F)ccc2F)CC1. The van der Waals surface area contributed by atoms with Gasteiger partial charge >= 0.3 is 0 Å². The molecule has 1 aromatic carbocycles. The number of nitrogens with two attached hydrogens (primary N) is 1. The minimum absolute atomic E-state index is 0. The van der Waals surface area contributed by atoms with Gasteiger partial charge in [0.2, 0.25) is 5.91 Å². The normalized spacial score (nSPS) is 16.1. The standard InChI is InChI=1S/C13H16F2N2O.ClH/c14-10-1-2-12(15)9(7-10)8-13(18)17-5-3-11(16)4-6-17;/h1-2,7,11H,3-6,8,16H2;1H. The maximum atomic E-state index is 13.4. The summed E-state index contributed by atoms with van der Waals surface area (Å²) in [6, 6.07) is 3.30. The predicted molar refractivity (Wildman–Crippen MR) is 71.1 cm³/mol. The van der Waals surface area contributed by atoms with Crippen LogP contribution in [-0.2, 0) is 11.2 Å². The number of benzene rings is 1. The summed E-state index contributed by atoms with van der Waals surface area (Å²) in [6.45, 7) is 1.19. The molecule has 0 unspecified atom stereocenters. The van der Waals surface area contributed by atoms with E-state index in [1.165, 1.54) is 0 Å². The second kappa shape index (κ2) is 6.82. The zero-order valence-corrected chi connectivity index (χ0v) is 11.3. The summed E-state index contributed by atoms with van der Waals surface area (Å²) in [5.41, 5.74) is 5.85. The minimum Gasteiger partial charge on any atom is -0.342 e. The highest BCUT2D eigenvalue weighted by Crippen LogP contribution is 2.14. The van der Waals surface area contributed by atoms with Crippen LogP contribution in [0.25, 0.3) is 0 Å². The van der Waals surface area contributed by atoms with Crippen molar-refractivity contribution in [2.45, 2.75) is 25.3 Å². The number of amides is 1. The van der Waals surface area contributed by atoms with Gasteiger partial charge in [-0.15, -0.1) is 12.4 Å². The van der Waals surface area contributed by atoms with Crippen LogP contribution in [0.1, 0.15) is 18.4 Å². The molecule has 19 heavy (non-hydrogen) atoms. The van der Waals surface area contributed by atoms with Crippen molar-refractivity contribution in [3.63, 3.8) is 0 Å². The molecule has 1 saturated heterocycles. The summed E-state index contributed by atoms with van der Waals surface area (Å²) in [5.74, 6) is -1.25. The third-order valence-corrected chi connectivity index (χ3v) is 3.24. The molecule has 0 aliphatic carbocycles. The van der Waals surface area contributed by atoms with Gasteiger partial charge in [0.15, 0.2) is 0 Å². The molecule has 2 rings (SSSR count). The lowest BCUT2D eigenvalue weighted by atomic mass is 10.0. The van der Waals surface area contributed by atoms with Gasteiger partial charge in [-0.1, -0.05) is 0 Å². The zero-order chi connectivity index (χ0) is 13.1. The maximum absolute atomic E-state index is 13.4. The average molecular weight is 291 g/mol. The van der Waals surface area contributed by atoms with Gasteiger partial charge in [0.1, 0.15) is 11.6 Å². The Morgan fingerprint density at radius 1 is 1.32 bits per heavy atom. The molecule has 6 heteroatoms. The van der Waals surface area contributed by atoms with E-state index in [0.717, 1.165) is 31.0 Å². The van der Waals surface area contributed by atoms with Crippen LogP contribution in [0.15, 0.2) is 18.2 Å². The van der Waals surface area contributed by atoms with Gasteiger partial charge in [0.05, 0.1) is 6.42 Å². The van der Waals surface area contributed by atoms with Crippen molar-refractivity contribution in [3.05, 3.63) is 35.4 Å². The number of hydrogen-bond donors (Lipinski definition) is 1. The number of carbonyl (C=O) groups is 1. The van der Waals surface area contributed by atoms with Crippen LogP contribution in [-0.4, -0.2) is 29.9 Å². The molecule has 0 saturated carbocycles. The Hall–Kier alpha value is -1.20. The summed E-state index contributed by atoms with van der Waals surface area (Å²) in [7, 11) is 0. The molecule has 0 bridgehead atoms. The Labute approximate surface area is 117 Å². The Morgan fingerprint density at radius 2 is 1.95 bits per heavy atom. The third kappa shape index (κ3) is 4.14. The van der Waals surface area contributed by atoms with Gasteiger partial charge in [-0.25, -0.2) is 8.78 Å². The molecule has 1 aliphatic heterocycles. The lowest BCUT2D eigenvalue weighted by Crippen LogP contribution is -2.43. The fourth-order valence-electron chi connectivity index (χ4n) is 2.10. The first-order chi connectivity index (χ1) is 8.56. The van der Waals surface area contributed by atoms with Crippen molar-refractivity contribution in [1.82, 2.24) is 4.90 Å². The highest BCUT2D eigenvalue weighted by Gasteiger charge is 2.21. The second-order valence-corrected chi connectivity index (χ2v) is 4.63. The van der Waals surface area contributed by atoms with Crippen molar-refractivity contribution in [3.8, 4) is 0 Å². The number of carbonyl (C=O) groups excluding carboxylic acids is 1. The van der Waals surface area contributed by atoms with Crippen LogP contribution < -0.4 is 5.73 Å². The lowest BCUT2D eigenvalue weighted by molar-refractivity contribution is -0.131. The smallest absolute Gasteiger partial charge is 0.227 e. The fourth-order valence-corrected chi connectivity index (χ4v) is 2.10. The van der Waals surface area contributed by atoms with E-state index >= 15 is 0 Å². The van der Waals surface area contributed by atoms with E-state index in [1.54, 1.807) is 4.90 Å². The van der Waals surface area contributed by atoms with Gasteiger partial charge in [0, 0.05) is 24.7 Å². The van der Waals surface area contributed by atoms with E-state index in [-0.39, 0.29) is 36.3 Å². The number of nitrogens with zero attached hydrogens (tertiary/aromatic N) is 1. The number of likely N-dealkylation sites (tertiary alicyclic amines) is 1. The van der Waals surface area contributed by atoms with Gasteiger partial charge < -0.3 is 10.6 Å². The summed E-state index contributed by atoms with van der Waals surface area (Å²) in [6.07, 6.45) is 1.42. The topological polar surface area (TPSA) is 46.3 Å². The van der Waals surface area contributed by atoms with Crippen LogP contribution in [0.2, 0.25) is 0 Å². The van der Waals surface area contributed by atoms with Crippen LogP contribution in [0.5, 0.6) is 0 Å². The zero-order valence-electron chi connectivity index (χ0n) is 10.4. The first kappa shape index (κ1) is 15.9. The van der Waals surface area contributed by atoms with E-state index in [9.17, 15) is 13.6 Å². The monoisotopic (exact) mass is 290 g/mol. The molecule has 1 aliphatic rings. The molecule has 0 atom stereocenters. The number of rotatable bonds is 2. The quantitative estimate of drug-likeness (QED) is 0.904. The number of hydrogen-bond acceptors (Lipinski definition) is 2. The Kier molecular flexibility index (Phi) is 5.69. The van der Waals surface area contributed by atoms with Gasteiger partial charge in [-0.05, 0) is 31.0 Å². The van der Waals surface area contributed by atoms with Crippen molar-refractivity contribution in [1.29, 1.82) is 0 Å². The number of piperidine rings is 1. The first-order valence-electron chi connectivity index (χ1n) is 6.03. The summed E-state index contributed by atoms with van der Waals surface area (Å²) in [5, 5.41) is 0. The third-order valence-electron chi connectivity index (χ3n) is 3.24. The molecular weight excluding hydrogens is 274 g/mol. The molecule has 0 aromatic heterocycles. The van der Waals surface area contributed by atoms with Crippen molar-refractivity contribution >= 4 is 18.3 Å². The second-order valence-electron chi connectivity index (χ2n) is 4.63. The average Bonchev–Trinajstić information content (AvgIpc) is 2.34. The van der Waals surface area contributed by atoms with Gasteiger partial charge in [0.25, 0.3) is 0 Å². The Bertz CT molecular complexity index is 448. The van der Waals surface area contributed by atoms with Crippen LogP contribution in [0, 0.1) is 11.6 Å².